The lowest BCUT2D eigenvalue weighted by atomic mass is 10.0. The summed E-state index contributed by atoms with van der Waals surface area (Å²) < 4.78 is 15.7. The predicted molar refractivity (Wildman–Crippen MR) is 130 cm³/mol. The van der Waals surface area contributed by atoms with Gasteiger partial charge in [0.2, 0.25) is 0 Å². The van der Waals surface area contributed by atoms with Crippen molar-refractivity contribution in [3.05, 3.63) is 70.6 Å². The molecule has 0 unspecified atom stereocenters. The number of carbonyl (C=O) groups is 2. The van der Waals surface area contributed by atoms with Crippen LogP contribution in [0.25, 0.3) is 16.8 Å². The van der Waals surface area contributed by atoms with Crippen molar-refractivity contribution in [2.24, 2.45) is 4.99 Å². The van der Waals surface area contributed by atoms with Crippen LogP contribution >= 0.6 is 11.8 Å². The zero-order valence-electron chi connectivity index (χ0n) is 18.6. The Kier molecular flexibility index (Phi) is 6.37. The van der Waals surface area contributed by atoms with Crippen LogP contribution in [0.4, 0.5) is 5.69 Å². The normalized spacial score (nSPS) is 16.0. The molecule has 8 heteroatoms. The number of rotatable bonds is 5. The van der Waals surface area contributed by atoms with E-state index in [0.717, 1.165) is 22.1 Å². The van der Waals surface area contributed by atoms with E-state index in [0.29, 0.717) is 27.1 Å². The van der Waals surface area contributed by atoms with Gasteiger partial charge in [0.25, 0.3) is 5.91 Å². The monoisotopic (exact) mass is 462 g/mol. The summed E-state index contributed by atoms with van der Waals surface area (Å²) in [7, 11) is 6.23. The zero-order valence-corrected chi connectivity index (χ0v) is 19.4. The van der Waals surface area contributed by atoms with Gasteiger partial charge < -0.3 is 14.2 Å². The van der Waals surface area contributed by atoms with Gasteiger partial charge in [-0.3, -0.25) is 9.69 Å². The highest BCUT2D eigenvalue weighted by Crippen LogP contribution is 2.38. The third-order valence-corrected chi connectivity index (χ3v) is 6.30. The van der Waals surface area contributed by atoms with E-state index in [2.05, 4.69) is 4.99 Å². The first kappa shape index (κ1) is 22.4. The molecule has 0 atom stereocenters. The summed E-state index contributed by atoms with van der Waals surface area (Å²) in [5, 5.41) is 2.46. The van der Waals surface area contributed by atoms with Gasteiger partial charge in [-0.25, -0.2) is 9.79 Å². The van der Waals surface area contributed by atoms with E-state index in [1.54, 1.807) is 45.5 Å². The number of carbonyl (C=O) groups excluding carboxylic acids is 2. The second-order valence-electron chi connectivity index (χ2n) is 7.18. The average Bonchev–Trinajstić information content (AvgIpc) is 3.11. The molecule has 1 fully saturated rings. The van der Waals surface area contributed by atoms with Crippen molar-refractivity contribution < 1.29 is 23.8 Å². The zero-order chi connectivity index (χ0) is 23.5. The molecule has 33 heavy (non-hydrogen) atoms. The SMILES string of the molecule is COC(=O)c1ccc(N=C2SC(=Cc3c(OC)ccc4ccc(OC)cc34)C(=O)N2C)cc1. The molecule has 1 aliphatic rings. The number of nitrogens with zero attached hydrogens (tertiary/aromatic N) is 2. The molecule has 0 bridgehead atoms. The summed E-state index contributed by atoms with van der Waals surface area (Å²) in [6.07, 6.45) is 1.83. The number of methoxy groups -OCH3 is 3. The van der Waals surface area contributed by atoms with E-state index < -0.39 is 5.97 Å². The minimum atomic E-state index is -0.414. The Morgan fingerprint density at radius 2 is 1.73 bits per heavy atom. The highest BCUT2D eigenvalue weighted by Gasteiger charge is 2.31. The van der Waals surface area contributed by atoms with Crippen molar-refractivity contribution in [1.82, 2.24) is 4.90 Å². The minimum absolute atomic E-state index is 0.160. The molecule has 0 aliphatic carbocycles. The van der Waals surface area contributed by atoms with Crippen molar-refractivity contribution in [2.75, 3.05) is 28.4 Å². The molecule has 0 aromatic heterocycles. The Balaban J connectivity index is 1.72. The second kappa shape index (κ2) is 9.38. The van der Waals surface area contributed by atoms with Crippen LogP contribution in [0.2, 0.25) is 0 Å². The second-order valence-corrected chi connectivity index (χ2v) is 8.19. The molecule has 3 aromatic carbocycles. The molecule has 0 radical (unpaired) electrons. The fourth-order valence-corrected chi connectivity index (χ4v) is 4.41. The lowest BCUT2D eigenvalue weighted by Gasteiger charge is -2.11. The third-order valence-electron chi connectivity index (χ3n) is 5.24. The number of hydrogen-bond acceptors (Lipinski definition) is 7. The van der Waals surface area contributed by atoms with Crippen molar-refractivity contribution in [3.63, 3.8) is 0 Å². The van der Waals surface area contributed by atoms with E-state index in [9.17, 15) is 9.59 Å². The van der Waals surface area contributed by atoms with Gasteiger partial charge in [0.15, 0.2) is 5.17 Å². The number of amides is 1. The Morgan fingerprint density at radius 1 is 1.00 bits per heavy atom. The van der Waals surface area contributed by atoms with Crippen LogP contribution < -0.4 is 9.47 Å². The lowest BCUT2D eigenvalue weighted by molar-refractivity contribution is -0.121. The maximum Gasteiger partial charge on any atom is 0.337 e. The van der Waals surface area contributed by atoms with Crippen LogP contribution in [0.15, 0.2) is 64.5 Å². The van der Waals surface area contributed by atoms with Gasteiger partial charge in [0.05, 0.1) is 37.5 Å². The number of fused-ring (bicyclic) bond motifs is 1. The van der Waals surface area contributed by atoms with E-state index in [4.69, 9.17) is 14.2 Å². The van der Waals surface area contributed by atoms with Crippen LogP contribution in [0, 0.1) is 0 Å². The Morgan fingerprint density at radius 3 is 2.39 bits per heavy atom. The average molecular weight is 463 g/mol. The molecule has 0 N–H and O–H groups in total. The third kappa shape index (κ3) is 4.42. The number of aliphatic imine (C=N–C) groups is 1. The van der Waals surface area contributed by atoms with Crippen molar-refractivity contribution >= 4 is 51.3 Å². The van der Waals surface area contributed by atoms with E-state index in [1.165, 1.54) is 23.8 Å². The predicted octanol–water partition coefficient (Wildman–Crippen LogP) is 4.88. The molecule has 1 amide bonds. The quantitative estimate of drug-likeness (QED) is 0.397. The first-order valence-corrected chi connectivity index (χ1v) is 10.9. The van der Waals surface area contributed by atoms with E-state index >= 15 is 0 Å². The maximum absolute atomic E-state index is 13.0. The molecule has 0 saturated carbocycles. The number of hydrogen-bond donors (Lipinski definition) is 0. The summed E-state index contributed by atoms with van der Waals surface area (Å²) >= 11 is 1.28. The molecule has 168 valence electrons. The van der Waals surface area contributed by atoms with E-state index in [-0.39, 0.29) is 5.91 Å². The summed E-state index contributed by atoms with van der Waals surface area (Å²) in [5.41, 5.74) is 1.85. The Bertz CT molecular complexity index is 1290. The Hall–Kier alpha value is -3.78. The van der Waals surface area contributed by atoms with Gasteiger partial charge >= 0.3 is 5.97 Å². The van der Waals surface area contributed by atoms with E-state index in [1.807, 2.05) is 36.4 Å². The molecular weight excluding hydrogens is 440 g/mol. The van der Waals surface area contributed by atoms with Crippen molar-refractivity contribution in [3.8, 4) is 11.5 Å². The molecule has 1 heterocycles. The van der Waals surface area contributed by atoms with Gasteiger partial charge in [-0.1, -0.05) is 12.1 Å². The highest BCUT2D eigenvalue weighted by molar-refractivity contribution is 8.18. The summed E-state index contributed by atoms with van der Waals surface area (Å²) in [6, 6.07) is 16.3. The van der Waals surface area contributed by atoms with Gasteiger partial charge in [0.1, 0.15) is 11.5 Å². The van der Waals surface area contributed by atoms with Crippen molar-refractivity contribution in [2.45, 2.75) is 0 Å². The number of amidine groups is 1. The van der Waals surface area contributed by atoms with Gasteiger partial charge in [-0.05, 0) is 71.1 Å². The number of benzene rings is 3. The highest BCUT2D eigenvalue weighted by atomic mass is 32.2. The van der Waals surface area contributed by atoms with Crippen LogP contribution in [0.1, 0.15) is 15.9 Å². The van der Waals surface area contributed by atoms with Gasteiger partial charge in [-0.2, -0.15) is 0 Å². The van der Waals surface area contributed by atoms with Crippen LogP contribution in [-0.2, 0) is 9.53 Å². The molecule has 3 aromatic rings. The topological polar surface area (TPSA) is 77.4 Å². The molecule has 1 saturated heterocycles. The van der Waals surface area contributed by atoms with Gasteiger partial charge in [-0.15, -0.1) is 0 Å². The van der Waals surface area contributed by atoms with Crippen LogP contribution in [-0.4, -0.2) is 50.3 Å². The summed E-state index contributed by atoms with van der Waals surface area (Å²) in [6.45, 7) is 0. The molecule has 7 nitrogen and oxygen atoms in total. The van der Waals surface area contributed by atoms with Gasteiger partial charge in [0, 0.05) is 12.6 Å². The Labute approximate surface area is 195 Å². The minimum Gasteiger partial charge on any atom is -0.497 e. The molecular formula is C25H22N2O5S. The maximum atomic E-state index is 13.0. The number of ether oxygens (including phenoxy) is 3. The fraction of sp³-hybridized carbons (Fsp3) is 0.160. The first-order valence-electron chi connectivity index (χ1n) is 10.0. The smallest absolute Gasteiger partial charge is 0.337 e. The van der Waals surface area contributed by atoms with Crippen LogP contribution in [0.3, 0.4) is 0 Å². The number of esters is 1. The molecule has 0 spiro atoms. The largest absolute Gasteiger partial charge is 0.497 e. The summed E-state index contributed by atoms with van der Waals surface area (Å²) in [5.74, 6) is 0.799. The lowest BCUT2D eigenvalue weighted by Crippen LogP contribution is -2.23. The fourth-order valence-electron chi connectivity index (χ4n) is 3.44. The first-order chi connectivity index (χ1) is 15.9. The standard InChI is InChI=1S/C25H22N2O5S/c1-27-23(28)22(33-25(27)26-17-9-5-16(6-10-17)24(29)32-4)14-20-19-13-18(30-2)11-7-15(19)8-12-21(20)31-3/h5-14H,1-4H3. The number of likely N-dealkylation sites (N-methyl/N-ethyl adjacent to an activating group) is 1. The summed E-state index contributed by atoms with van der Waals surface area (Å²) in [4.78, 5) is 31.2. The number of thioether (sulfide) groups is 1. The molecule has 4 rings (SSSR count). The van der Waals surface area contributed by atoms with Crippen LogP contribution in [0.5, 0.6) is 11.5 Å². The molecule has 1 aliphatic heterocycles. The van der Waals surface area contributed by atoms with Crippen molar-refractivity contribution in [1.29, 1.82) is 0 Å².